The van der Waals surface area contributed by atoms with Gasteiger partial charge >= 0.3 is 6.09 Å². The topological polar surface area (TPSA) is 103 Å². The third kappa shape index (κ3) is 5.03. The summed E-state index contributed by atoms with van der Waals surface area (Å²) in [6.45, 7) is 7.03. The molecular weight excluding hydrogens is 396 g/mol. The zero-order chi connectivity index (χ0) is 22.6. The molecule has 3 rings (SSSR count). The van der Waals surface area contributed by atoms with Crippen LogP contribution in [0.1, 0.15) is 65.7 Å². The molecule has 5 atom stereocenters. The van der Waals surface area contributed by atoms with Crippen LogP contribution >= 0.6 is 0 Å². The lowest BCUT2D eigenvalue weighted by Crippen LogP contribution is -2.65. The first-order valence-electron chi connectivity index (χ1n) is 11.6. The molecule has 0 aromatic rings. The molecule has 3 aliphatic rings. The summed E-state index contributed by atoms with van der Waals surface area (Å²) in [4.78, 5) is 40.5. The molecule has 0 aromatic heterocycles. The number of rotatable bonds is 7. The standard InChI is InChI=1S/C23H36N4O4/c1-4-31-21(30)27(15-20(29)26-8-5-6-19(26)14-24)22(3)12-18-10-17(2)11-23(13-18,16-22)25-7-9-28/h9,17-19,25H,4-8,10-13,15-16H2,1-3H3. The Kier molecular flexibility index (Phi) is 7.25. The largest absolute Gasteiger partial charge is 0.450 e. The van der Waals surface area contributed by atoms with Gasteiger partial charge in [-0.15, -0.1) is 0 Å². The molecule has 1 aliphatic heterocycles. The summed E-state index contributed by atoms with van der Waals surface area (Å²) in [6, 6.07) is 1.79. The number of hydrogen-bond acceptors (Lipinski definition) is 6. The van der Waals surface area contributed by atoms with Gasteiger partial charge in [0.1, 0.15) is 18.9 Å². The molecule has 1 N–H and O–H groups in total. The zero-order valence-corrected chi connectivity index (χ0v) is 19.1. The van der Waals surface area contributed by atoms with Crippen LogP contribution in [0.4, 0.5) is 4.79 Å². The highest BCUT2D eigenvalue weighted by Crippen LogP contribution is 2.50. The number of amides is 2. The van der Waals surface area contributed by atoms with E-state index < -0.39 is 17.7 Å². The second-order valence-electron chi connectivity index (χ2n) is 9.98. The number of aldehydes is 1. The van der Waals surface area contributed by atoms with E-state index in [9.17, 15) is 19.6 Å². The molecule has 2 amide bonds. The first-order valence-corrected chi connectivity index (χ1v) is 11.6. The lowest BCUT2D eigenvalue weighted by atomic mass is 9.58. The molecule has 8 nitrogen and oxygen atoms in total. The smallest absolute Gasteiger partial charge is 0.410 e. The van der Waals surface area contributed by atoms with Crippen molar-refractivity contribution in [3.63, 3.8) is 0 Å². The van der Waals surface area contributed by atoms with Gasteiger partial charge in [-0.3, -0.25) is 9.69 Å². The van der Waals surface area contributed by atoms with Crippen molar-refractivity contribution < 1.29 is 19.1 Å². The molecule has 3 fully saturated rings. The van der Waals surface area contributed by atoms with Crippen LogP contribution in [0.2, 0.25) is 0 Å². The maximum atomic E-state index is 13.1. The lowest BCUT2D eigenvalue weighted by Gasteiger charge is -2.57. The van der Waals surface area contributed by atoms with Gasteiger partial charge in [0.05, 0.1) is 19.2 Å². The van der Waals surface area contributed by atoms with Crippen molar-refractivity contribution in [3.05, 3.63) is 0 Å². The summed E-state index contributed by atoms with van der Waals surface area (Å²) < 4.78 is 5.37. The predicted octanol–water partition coefficient (Wildman–Crippen LogP) is 2.48. The lowest BCUT2D eigenvalue weighted by molar-refractivity contribution is -0.135. The minimum atomic E-state index is -0.567. The van der Waals surface area contributed by atoms with Crippen molar-refractivity contribution in [3.8, 4) is 6.07 Å². The van der Waals surface area contributed by atoms with Crippen LogP contribution in [-0.2, 0) is 14.3 Å². The maximum Gasteiger partial charge on any atom is 0.410 e. The molecule has 172 valence electrons. The maximum absolute atomic E-state index is 13.1. The molecule has 2 saturated carbocycles. The van der Waals surface area contributed by atoms with E-state index in [0.29, 0.717) is 31.2 Å². The van der Waals surface area contributed by atoms with E-state index in [1.165, 1.54) is 0 Å². The molecule has 2 bridgehead atoms. The fourth-order valence-electron chi connectivity index (χ4n) is 6.53. The number of nitrogens with one attached hydrogen (secondary N) is 1. The van der Waals surface area contributed by atoms with Crippen LogP contribution in [0.15, 0.2) is 0 Å². The van der Waals surface area contributed by atoms with Gasteiger partial charge in [-0.1, -0.05) is 6.92 Å². The molecule has 0 spiro atoms. The van der Waals surface area contributed by atoms with Crippen LogP contribution in [0.5, 0.6) is 0 Å². The highest BCUT2D eigenvalue weighted by Gasteiger charge is 2.53. The van der Waals surface area contributed by atoms with Crippen LogP contribution in [0.25, 0.3) is 0 Å². The van der Waals surface area contributed by atoms with Gasteiger partial charge in [0, 0.05) is 17.6 Å². The monoisotopic (exact) mass is 432 g/mol. The molecule has 31 heavy (non-hydrogen) atoms. The summed E-state index contributed by atoms with van der Waals surface area (Å²) in [6.07, 6.45) is 6.36. The molecule has 0 aromatic carbocycles. The van der Waals surface area contributed by atoms with E-state index in [1.807, 2.05) is 6.92 Å². The number of ether oxygens (including phenoxy) is 1. The molecule has 1 saturated heterocycles. The average Bonchev–Trinajstić information content (AvgIpc) is 3.18. The Balaban J connectivity index is 1.87. The molecule has 2 aliphatic carbocycles. The Morgan fingerprint density at radius 3 is 2.81 bits per heavy atom. The predicted molar refractivity (Wildman–Crippen MR) is 115 cm³/mol. The van der Waals surface area contributed by atoms with Crippen molar-refractivity contribution in [2.75, 3.05) is 26.2 Å². The SMILES string of the molecule is CCOC(=O)N(CC(=O)N1CCCC1C#N)C1(C)CC2CC(C)CC(NCC=O)(C2)C1. The number of hydrogen-bond donors (Lipinski definition) is 1. The molecular formula is C23H36N4O4. The highest BCUT2D eigenvalue weighted by atomic mass is 16.6. The Labute approximate surface area is 185 Å². The Hall–Kier alpha value is -2.14. The summed E-state index contributed by atoms with van der Waals surface area (Å²) in [5.41, 5.74) is -0.796. The van der Waals surface area contributed by atoms with Gasteiger partial charge in [-0.2, -0.15) is 5.26 Å². The van der Waals surface area contributed by atoms with Crippen molar-refractivity contribution in [2.45, 2.75) is 82.8 Å². The number of carbonyl (C=O) groups excluding carboxylic acids is 3. The summed E-state index contributed by atoms with van der Waals surface area (Å²) >= 11 is 0. The van der Waals surface area contributed by atoms with Crippen molar-refractivity contribution in [2.24, 2.45) is 11.8 Å². The number of fused-ring (bicyclic) bond motifs is 2. The fourth-order valence-corrected chi connectivity index (χ4v) is 6.53. The zero-order valence-electron chi connectivity index (χ0n) is 19.1. The number of carbonyl (C=O) groups is 3. The molecule has 0 radical (unpaired) electrons. The van der Waals surface area contributed by atoms with Gasteiger partial charge < -0.3 is 19.7 Å². The third-order valence-corrected chi connectivity index (χ3v) is 7.32. The van der Waals surface area contributed by atoms with Crippen LogP contribution < -0.4 is 5.32 Å². The summed E-state index contributed by atoms with van der Waals surface area (Å²) in [5, 5.41) is 12.8. The molecule has 1 heterocycles. The Morgan fingerprint density at radius 2 is 2.13 bits per heavy atom. The second-order valence-corrected chi connectivity index (χ2v) is 9.98. The van der Waals surface area contributed by atoms with Crippen LogP contribution in [0, 0.1) is 23.2 Å². The molecule has 8 heteroatoms. The van der Waals surface area contributed by atoms with Crippen LogP contribution in [-0.4, -0.2) is 71.4 Å². The fraction of sp³-hybridized carbons (Fsp3) is 0.826. The Morgan fingerprint density at radius 1 is 1.35 bits per heavy atom. The Bertz CT molecular complexity index is 734. The van der Waals surface area contributed by atoms with Crippen molar-refractivity contribution in [1.82, 2.24) is 15.1 Å². The van der Waals surface area contributed by atoms with E-state index in [1.54, 1.807) is 16.7 Å². The quantitative estimate of drug-likeness (QED) is 0.620. The number of nitrogens with zero attached hydrogens (tertiary/aromatic N) is 3. The average molecular weight is 433 g/mol. The normalized spacial score (nSPS) is 34.6. The highest BCUT2D eigenvalue weighted by molar-refractivity contribution is 5.83. The minimum absolute atomic E-state index is 0.0838. The van der Waals surface area contributed by atoms with Gasteiger partial charge in [0.25, 0.3) is 0 Å². The van der Waals surface area contributed by atoms with Gasteiger partial charge in [-0.05, 0) is 70.6 Å². The van der Waals surface area contributed by atoms with E-state index in [4.69, 9.17) is 4.74 Å². The minimum Gasteiger partial charge on any atom is -0.450 e. The summed E-state index contributed by atoms with van der Waals surface area (Å²) in [5.74, 6) is 0.755. The summed E-state index contributed by atoms with van der Waals surface area (Å²) in [7, 11) is 0. The van der Waals surface area contributed by atoms with E-state index in [2.05, 4.69) is 18.3 Å². The van der Waals surface area contributed by atoms with Gasteiger partial charge in [0.2, 0.25) is 5.91 Å². The van der Waals surface area contributed by atoms with Crippen molar-refractivity contribution in [1.29, 1.82) is 5.26 Å². The van der Waals surface area contributed by atoms with Crippen molar-refractivity contribution >= 4 is 18.3 Å². The first-order chi connectivity index (χ1) is 14.8. The number of likely N-dealkylation sites (tertiary alicyclic amines) is 1. The van der Waals surface area contributed by atoms with Crippen LogP contribution in [0.3, 0.4) is 0 Å². The van der Waals surface area contributed by atoms with E-state index >= 15 is 0 Å². The van der Waals surface area contributed by atoms with Gasteiger partial charge in [0.15, 0.2) is 0 Å². The molecule has 5 unspecified atom stereocenters. The first kappa shape index (κ1) is 23.5. The number of nitriles is 1. The van der Waals surface area contributed by atoms with E-state index in [-0.39, 0.29) is 31.1 Å². The van der Waals surface area contributed by atoms with E-state index in [0.717, 1.165) is 38.4 Å². The van der Waals surface area contributed by atoms with Gasteiger partial charge in [-0.25, -0.2) is 4.79 Å². The third-order valence-electron chi connectivity index (χ3n) is 7.32. The second kappa shape index (κ2) is 9.56.